The van der Waals surface area contributed by atoms with Crippen molar-refractivity contribution < 1.29 is 4.43 Å². The van der Waals surface area contributed by atoms with Gasteiger partial charge in [0.1, 0.15) is 0 Å². The molecule has 0 aliphatic carbocycles. The molecular formula is C18H28N2OSi. The molecule has 2 aromatic rings. The van der Waals surface area contributed by atoms with Crippen molar-refractivity contribution in [1.29, 1.82) is 0 Å². The number of fused-ring (bicyclic) bond motifs is 1. The van der Waals surface area contributed by atoms with E-state index in [2.05, 4.69) is 64.0 Å². The van der Waals surface area contributed by atoms with Gasteiger partial charge in [0.15, 0.2) is 14.0 Å². The van der Waals surface area contributed by atoms with E-state index in [-0.39, 0.29) is 5.04 Å². The molecule has 0 aromatic carbocycles. The van der Waals surface area contributed by atoms with Crippen LogP contribution < -0.4 is 0 Å². The standard InChI is InChI=1S/C18H28N2OSi/c1-13-12-14(2)19-17-16(13)9-8-15(20-17)10-11-21-22(6,7)18(3,4)5/h8-9,12H,10-11H2,1-7H3. The summed E-state index contributed by atoms with van der Waals surface area (Å²) in [5, 5.41) is 1.39. The number of rotatable bonds is 4. The van der Waals surface area contributed by atoms with Crippen molar-refractivity contribution in [1.82, 2.24) is 9.97 Å². The number of aryl methyl sites for hydroxylation is 2. The van der Waals surface area contributed by atoms with Gasteiger partial charge in [0.05, 0.1) is 0 Å². The minimum Gasteiger partial charge on any atom is -0.416 e. The molecule has 2 rings (SSSR count). The zero-order chi connectivity index (χ0) is 16.5. The normalized spacial score (nSPS) is 12.9. The average molecular weight is 317 g/mol. The Hall–Kier alpha value is -1.26. The molecule has 0 spiro atoms. The molecule has 0 saturated heterocycles. The number of pyridine rings is 2. The topological polar surface area (TPSA) is 35.0 Å². The predicted molar refractivity (Wildman–Crippen MR) is 95.9 cm³/mol. The van der Waals surface area contributed by atoms with Crippen molar-refractivity contribution in [2.75, 3.05) is 6.61 Å². The van der Waals surface area contributed by atoms with Crippen molar-refractivity contribution in [3.63, 3.8) is 0 Å². The Bertz CT molecular complexity index is 675. The van der Waals surface area contributed by atoms with Crippen LogP contribution >= 0.6 is 0 Å². The van der Waals surface area contributed by atoms with Gasteiger partial charge in [-0.2, -0.15) is 0 Å². The highest BCUT2D eigenvalue weighted by Crippen LogP contribution is 2.36. The molecule has 0 bridgehead atoms. The zero-order valence-corrected chi connectivity index (χ0v) is 15.9. The molecule has 120 valence electrons. The second kappa shape index (κ2) is 6.09. The largest absolute Gasteiger partial charge is 0.416 e. The predicted octanol–water partition coefficient (Wildman–Crippen LogP) is 4.81. The van der Waals surface area contributed by atoms with Gasteiger partial charge in [0.2, 0.25) is 0 Å². The minimum absolute atomic E-state index is 0.250. The van der Waals surface area contributed by atoms with Crippen LogP contribution in [0.2, 0.25) is 18.1 Å². The molecule has 0 aliphatic rings. The molecule has 0 unspecified atom stereocenters. The highest BCUT2D eigenvalue weighted by atomic mass is 28.4. The first-order valence-electron chi connectivity index (χ1n) is 7.98. The van der Waals surface area contributed by atoms with Crippen molar-refractivity contribution in [2.24, 2.45) is 0 Å². The van der Waals surface area contributed by atoms with Crippen LogP contribution in [-0.4, -0.2) is 24.9 Å². The fourth-order valence-electron chi connectivity index (χ4n) is 2.24. The van der Waals surface area contributed by atoms with E-state index < -0.39 is 8.32 Å². The Morgan fingerprint density at radius 2 is 1.77 bits per heavy atom. The molecule has 2 aromatic heterocycles. The van der Waals surface area contributed by atoms with Gasteiger partial charge in [-0.15, -0.1) is 0 Å². The summed E-state index contributed by atoms with van der Waals surface area (Å²) in [6.45, 7) is 16.2. The van der Waals surface area contributed by atoms with E-state index in [9.17, 15) is 0 Å². The average Bonchev–Trinajstić information content (AvgIpc) is 2.36. The zero-order valence-electron chi connectivity index (χ0n) is 14.9. The molecule has 0 radical (unpaired) electrons. The molecule has 0 aliphatic heterocycles. The van der Waals surface area contributed by atoms with Crippen LogP contribution in [0.25, 0.3) is 11.0 Å². The number of aromatic nitrogens is 2. The molecule has 4 heteroatoms. The molecule has 0 saturated carbocycles. The van der Waals surface area contributed by atoms with Crippen molar-refractivity contribution >= 4 is 19.4 Å². The van der Waals surface area contributed by atoms with Gasteiger partial charge >= 0.3 is 0 Å². The van der Waals surface area contributed by atoms with E-state index in [1.54, 1.807) is 0 Å². The van der Waals surface area contributed by atoms with E-state index in [0.717, 1.165) is 35.4 Å². The Balaban J connectivity index is 2.10. The SMILES string of the molecule is Cc1cc(C)c2ccc(CCO[Si](C)(C)C(C)(C)C)nc2n1. The third-order valence-corrected chi connectivity index (χ3v) is 9.23. The minimum atomic E-state index is -1.67. The van der Waals surface area contributed by atoms with Gasteiger partial charge in [-0.25, -0.2) is 9.97 Å². The van der Waals surface area contributed by atoms with Gasteiger partial charge < -0.3 is 4.43 Å². The lowest BCUT2D eigenvalue weighted by Gasteiger charge is -2.36. The van der Waals surface area contributed by atoms with Gasteiger partial charge in [0.25, 0.3) is 0 Å². The third kappa shape index (κ3) is 3.73. The summed E-state index contributed by atoms with van der Waals surface area (Å²) < 4.78 is 6.24. The molecule has 0 atom stereocenters. The van der Waals surface area contributed by atoms with E-state index >= 15 is 0 Å². The maximum Gasteiger partial charge on any atom is 0.191 e. The summed E-state index contributed by atoms with van der Waals surface area (Å²) in [7, 11) is -1.67. The fraction of sp³-hybridized carbons (Fsp3) is 0.556. The molecule has 0 N–H and O–H groups in total. The van der Waals surface area contributed by atoms with Crippen LogP contribution in [-0.2, 0) is 10.8 Å². The van der Waals surface area contributed by atoms with Crippen LogP contribution in [0.3, 0.4) is 0 Å². The van der Waals surface area contributed by atoms with Gasteiger partial charge in [-0.3, -0.25) is 0 Å². The smallest absolute Gasteiger partial charge is 0.191 e. The van der Waals surface area contributed by atoms with E-state index in [1.807, 2.05) is 6.92 Å². The molecule has 22 heavy (non-hydrogen) atoms. The lowest BCUT2D eigenvalue weighted by molar-refractivity contribution is 0.291. The summed E-state index contributed by atoms with van der Waals surface area (Å²) in [4.78, 5) is 9.25. The number of hydrogen-bond donors (Lipinski definition) is 0. The van der Waals surface area contributed by atoms with Crippen molar-refractivity contribution in [2.45, 2.75) is 59.2 Å². The highest BCUT2D eigenvalue weighted by molar-refractivity contribution is 6.74. The lowest BCUT2D eigenvalue weighted by Crippen LogP contribution is -2.41. The quantitative estimate of drug-likeness (QED) is 0.759. The maximum absolute atomic E-state index is 6.24. The van der Waals surface area contributed by atoms with Crippen LogP contribution in [0.15, 0.2) is 18.2 Å². The van der Waals surface area contributed by atoms with Crippen LogP contribution in [0.4, 0.5) is 0 Å². The van der Waals surface area contributed by atoms with E-state index in [1.165, 1.54) is 5.56 Å². The Labute approximate surface area is 135 Å². The van der Waals surface area contributed by atoms with E-state index in [0.29, 0.717) is 0 Å². The number of nitrogens with zero attached hydrogens (tertiary/aromatic N) is 2. The second-order valence-electron chi connectivity index (χ2n) is 7.61. The van der Waals surface area contributed by atoms with Crippen LogP contribution in [0, 0.1) is 13.8 Å². The highest BCUT2D eigenvalue weighted by Gasteiger charge is 2.36. The summed E-state index contributed by atoms with van der Waals surface area (Å²) >= 11 is 0. The first-order valence-corrected chi connectivity index (χ1v) is 10.9. The van der Waals surface area contributed by atoms with Crippen molar-refractivity contribution in [3.8, 4) is 0 Å². The Morgan fingerprint density at radius 3 is 2.41 bits per heavy atom. The maximum atomic E-state index is 6.24. The molecule has 0 fully saturated rings. The first kappa shape index (κ1) is 17.1. The van der Waals surface area contributed by atoms with Gasteiger partial charge in [-0.1, -0.05) is 20.8 Å². The summed E-state index contributed by atoms with van der Waals surface area (Å²) in [5.74, 6) is 0. The van der Waals surface area contributed by atoms with Crippen LogP contribution in [0.5, 0.6) is 0 Å². The Kier molecular flexibility index (Phi) is 4.73. The van der Waals surface area contributed by atoms with Crippen LogP contribution in [0.1, 0.15) is 37.7 Å². The van der Waals surface area contributed by atoms with E-state index in [4.69, 9.17) is 9.41 Å². The summed E-state index contributed by atoms with van der Waals surface area (Å²) in [6.07, 6.45) is 0.844. The summed E-state index contributed by atoms with van der Waals surface area (Å²) in [5.41, 5.74) is 4.16. The lowest BCUT2D eigenvalue weighted by atomic mass is 10.1. The summed E-state index contributed by atoms with van der Waals surface area (Å²) in [6, 6.07) is 6.33. The third-order valence-electron chi connectivity index (χ3n) is 4.69. The molecule has 0 amide bonds. The second-order valence-corrected chi connectivity index (χ2v) is 12.4. The monoisotopic (exact) mass is 316 g/mol. The molecule has 2 heterocycles. The molecule has 3 nitrogen and oxygen atoms in total. The first-order chi connectivity index (χ1) is 10.1. The van der Waals surface area contributed by atoms with Crippen molar-refractivity contribution in [3.05, 3.63) is 35.2 Å². The Morgan fingerprint density at radius 1 is 1.09 bits per heavy atom. The van der Waals surface area contributed by atoms with Gasteiger partial charge in [-0.05, 0) is 55.7 Å². The number of hydrogen-bond acceptors (Lipinski definition) is 3. The molecular weight excluding hydrogens is 288 g/mol. The fourth-order valence-corrected chi connectivity index (χ4v) is 3.28. The van der Waals surface area contributed by atoms with Gasteiger partial charge in [0, 0.05) is 29.8 Å².